The first-order chi connectivity index (χ1) is 19.2. The first kappa shape index (κ1) is 28.0. The zero-order valence-electron chi connectivity index (χ0n) is 22.2. The molecule has 3 heterocycles. The summed E-state index contributed by atoms with van der Waals surface area (Å²) < 4.78 is 22.2. The molecule has 2 atom stereocenters. The molecule has 2 aromatic heterocycles. The standard InChI is InChI=1S/C29H32ClFN4O5/c1-34-15-23(22-4-2-3-5-25(22)34)28(37)33-24-11-8-19(32-27(24)30)13-26(36)35-14-18(31)12-20(35)16-40-21-9-6-17(7-10-21)29(38)39/h2-5,8,11,15,17-18,20-21H,6-7,9-10,12-14,16H2,1H3,(H,33,37)(H,38,39)/t17?,18-,20-,21?/m0/s1. The molecule has 0 bridgehead atoms. The molecule has 9 nitrogen and oxygen atoms in total. The lowest BCUT2D eigenvalue weighted by molar-refractivity contribution is -0.144. The Hall–Kier alpha value is -3.50. The molecule has 3 aromatic rings. The van der Waals surface area contributed by atoms with E-state index in [1.165, 1.54) is 4.90 Å². The minimum atomic E-state index is -1.14. The predicted octanol–water partition coefficient (Wildman–Crippen LogP) is 4.62. The molecule has 212 valence electrons. The number of benzene rings is 1. The lowest BCUT2D eigenvalue weighted by atomic mass is 9.87. The highest BCUT2D eigenvalue weighted by molar-refractivity contribution is 6.32. The number of amides is 2. The van der Waals surface area contributed by atoms with Crippen LogP contribution in [0.4, 0.5) is 10.1 Å². The van der Waals surface area contributed by atoms with Crippen LogP contribution in [-0.4, -0.2) is 68.8 Å². The maximum atomic E-state index is 14.3. The van der Waals surface area contributed by atoms with Gasteiger partial charge in [-0.25, -0.2) is 9.37 Å². The number of carboxylic acids is 1. The number of anilines is 1. The van der Waals surface area contributed by atoms with Gasteiger partial charge in [-0.15, -0.1) is 0 Å². The van der Waals surface area contributed by atoms with E-state index >= 15 is 0 Å². The zero-order valence-corrected chi connectivity index (χ0v) is 22.9. The van der Waals surface area contributed by atoms with Crippen molar-refractivity contribution in [2.24, 2.45) is 13.0 Å². The average molecular weight is 571 g/mol. The van der Waals surface area contributed by atoms with Crippen molar-refractivity contribution in [1.82, 2.24) is 14.5 Å². The van der Waals surface area contributed by atoms with Crippen LogP contribution in [-0.2, 0) is 27.8 Å². The molecular weight excluding hydrogens is 539 g/mol. The van der Waals surface area contributed by atoms with E-state index in [1.807, 2.05) is 35.9 Å². The lowest BCUT2D eigenvalue weighted by Gasteiger charge is -2.29. The second-order valence-corrected chi connectivity index (χ2v) is 11.0. The van der Waals surface area contributed by atoms with E-state index in [2.05, 4.69) is 10.3 Å². The lowest BCUT2D eigenvalue weighted by Crippen LogP contribution is -2.40. The summed E-state index contributed by atoms with van der Waals surface area (Å²) in [6.07, 6.45) is 3.07. The van der Waals surface area contributed by atoms with E-state index in [9.17, 15) is 18.8 Å². The Kier molecular flexibility index (Phi) is 8.37. The third kappa shape index (κ3) is 6.13. The summed E-state index contributed by atoms with van der Waals surface area (Å²) in [5.74, 6) is -1.72. The van der Waals surface area contributed by atoms with Crippen LogP contribution in [0.2, 0.25) is 5.15 Å². The van der Waals surface area contributed by atoms with Crippen molar-refractivity contribution >= 4 is 46.0 Å². The number of aromatic nitrogens is 2. The van der Waals surface area contributed by atoms with E-state index in [1.54, 1.807) is 18.3 Å². The summed E-state index contributed by atoms with van der Waals surface area (Å²) >= 11 is 6.37. The molecule has 1 aliphatic heterocycles. The van der Waals surface area contributed by atoms with Crippen molar-refractivity contribution in [2.45, 2.75) is 56.8 Å². The predicted molar refractivity (Wildman–Crippen MR) is 148 cm³/mol. The number of fused-ring (bicyclic) bond motifs is 1. The summed E-state index contributed by atoms with van der Waals surface area (Å²) in [6, 6.07) is 10.4. The molecule has 1 saturated heterocycles. The fourth-order valence-corrected chi connectivity index (χ4v) is 5.90. The highest BCUT2D eigenvalue weighted by atomic mass is 35.5. The van der Waals surface area contributed by atoms with Gasteiger partial charge in [0.1, 0.15) is 6.17 Å². The van der Waals surface area contributed by atoms with Crippen molar-refractivity contribution in [1.29, 1.82) is 0 Å². The fourth-order valence-electron chi connectivity index (χ4n) is 5.68. The van der Waals surface area contributed by atoms with Crippen molar-refractivity contribution in [2.75, 3.05) is 18.5 Å². The van der Waals surface area contributed by atoms with Gasteiger partial charge in [-0.3, -0.25) is 14.4 Å². The second kappa shape index (κ2) is 11.9. The molecule has 2 N–H and O–H groups in total. The van der Waals surface area contributed by atoms with E-state index in [0.29, 0.717) is 42.6 Å². The van der Waals surface area contributed by atoms with Crippen molar-refractivity contribution in [3.63, 3.8) is 0 Å². The number of alkyl halides is 1. The molecule has 5 rings (SSSR count). The van der Waals surface area contributed by atoms with Crippen molar-refractivity contribution in [3.8, 4) is 0 Å². The Morgan fingerprint density at radius 3 is 2.62 bits per heavy atom. The smallest absolute Gasteiger partial charge is 0.306 e. The Labute approximate surface area is 236 Å². The molecular formula is C29H32ClFN4O5. The van der Waals surface area contributed by atoms with Gasteiger partial charge in [0, 0.05) is 30.6 Å². The van der Waals surface area contributed by atoms with Crippen LogP contribution in [0, 0.1) is 5.92 Å². The Balaban J connectivity index is 1.18. The summed E-state index contributed by atoms with van der Waals surface area (Å²) in [6.45, 7) is 0.202. The fraction of sp³-hybridized carbons (Fsp3) is 0.448. The van der Waals surface area contributed by atoms with E-state index < -0.39 is 18.2 Å². The van der Waals surface area contributed by atoms with Crippen LogP contribution in [0.1, 0.15) is 48.2 Å². The number of carbonyl (C=O) groups excluding carboxylic acids is 2. The molecule has 2 aliphatic rings. The zero-order chi connectivity index (χ0) is 28.4. The first-order valence-corrected chi connectivity index (χ1v) is 13.9. The van der Waals surface area contributed by atoms with Gasteiger partial charge in [-0.05, 0) is 43.9 Å². The van der Waals surface area contributed by atoms with Gasteiger partial charge >= 0.3 is 5.97 Å². The highest BCUT2D eigenvalue weighted by Crippen LogP contribution is 2.29. The minimum absolute atomic E-state index is 0.00841. The monoisotopic (exact) mass is 570 g/mol. The number of nitrogens with one attached hydrogen (secondary N) is 1. The molecule has 2 fully saturated rings. The topological polar surface area (TPSA) is 114 Å². The quantitative estimate of drug-likeness (QED) is 0.382. The maximum absolute atomic E-state index is 14.3. The number of pyridine rings is 1. The van der Waals surface area contributed by atoms with Gasteiger partial charge in [-0.2, -0.15) is 0 Å². The number of halogens is 2. The SMILES string of the molecule is Cn1cc(C(=O)Nc2ccc(CC(=O)N3C[C@@H](F)C[C@H]3COC3CCC(C(=O)O)CC3)nc2Cl)c2ccccc21. The average Bonchev–Trinajstić information content (AvgIpc) is 3.48. The second-order valence-electron chi connectivity index (χ2n) is 10.6. The van der Waals surface area contributed by atoms with Crippen LogP contribution >= 0.6 is 11.6 Å². The van der Waals surface area contributed by atoms with Gasteiger partial charge in [0.25, 0.3) is 5.91 Å². The molecule has 2 amide bonds. The summed E-state index contributed by atoms with van der Waals surface area (Å²) in [5, 5.41) is 12.8. The number of carbonyl (C=O) groups is 3. The van der Waals surface area contributed by atoms with Gasteiger partial charge in [0.2, 0.25) is 5.91 Å². The van der Waals surface area contributed by atoms with Crippen molar-refractivity contribution in [3.05, 3.63) is 59.0 Å². The van der Waals surface area contributed by atoms with E-state index in [-0.39, 0.29) is 55.0 Å². The van der Waals surface area contributed by atoms with E-state index in [4.69, 9.17) is 21.4 Å². The van der Waals surface area contributed by atoms with Crippen LogP contribution < -0.4 is 5.32 Å². The van der Waals surface area contributed by atoms with Gasteiger partial charge in [0.05, 0.1) is 54.6 Å². The van der Waals surface area contributed by atoms with Crippen LogP contribution in [0.15, 0.2) is 42.6 Å². The molecule has 11 heteroatoms. The number of para-hydroxylation sites is 1. The number of carboxylic acid groups (broad SMARTS) is 1. The van der Waals surface area contributed by atoms with Crippen molar-refractivity contribution < 1.29 is 28.6 Å². The van der Waals surface area contributed by atoms with Gasteiger partial charge in [-0.1, -0.05) is 29.8 Å². The third-order valence-corrected chi connectivity index (χ3v) is 8.15. The van der Waals surface area contributed by atoms with Crippen LogP contribution in [0.25, 0.3) is 10.9 Å². The number of aliphatic carboxylic acids is 1. The number of aryl methyl sites for hydroxylation is 1. The molecule has 0 unspecified atom stereocenters. The molecule has 1 saturated carbocycles. The number of likely N-dealkylation sites (tertiary alicyclic amines) is 1. The number of hydrogen-bond acceptors (Lipinski definition) is 5. The summed E-state index contributed by atoms with van der Waals surface area (Å²) in [4.78, 5) is 43.1. The van der Waals surface area contributed by atoms with Crippen LogP contribution in [0.5, 0.6) is 0 Å². The van der Waals surface area contributed by atoms with Crippen LogP contribution in [0.3, 0.4) is 0 Å². The molecule has 40 heavy (non-hydrogen) atoms. The minimum Gasteiger partial charge on any atom is -0.481 e. The highest BCUT2D eigenvalue weighted by Gasteiger charge is 2.36. The van der Waals surface area contributed by atoms with Gasteiger partial charge < -0.3 is 24.6 Å². The first-order valence-electron chi connectivity index (χ1n) is 13.5. The maximum Gasteiger partial charge on any atom is 0.306 e. The van der Waals surface area contributed by atoms with E-state index in [0.717, 1.165) is 10.9 Å². The largest absolute Gasteiger partial charge is 0.481 e. The number of rotatable bonds is 8. The summed E-state index contributed by atoms with van der Waals surface area (Å²) in [7, 11) is 1.87. The normalized spacial score (nSPS) is 22.9. The molecule has 0 spiro atoms. The number of hydrogen-bond donors (Lipinski definition) is 2. The molecule has 1 aliphatic carbocycles. The summed E-state index contributed by atoms with van der Waals surface area (Å²) in [5.41, 5.74) is 2.17. The Bertz CT molecular complexity index is 1420. The number of ether oxygens (including phenoxy) is 1. The number of nitrogens with zero attached hydrogens (tertiary/aromatic N) is 3. The molecule has 0 radical (unpaired) electrons. The Morgan fingerprint density at radius 2 is 1.90 bits per heavy atom. The Morgan fingerprint density at radius 1 is 1.15 bits per heavy atom. The van der Waals surface area contributed by atoms with Gasteiger partial charge in [0.15, 0.2) is 5.15 Å². The third-order valence-electron chi connectivity index (χ3n) is 7.86. The molecule has 1 aromatic carbocycles.